The average molecular weight is 309 g/mol. The molecule has 110 valence electrons. The average Bonchev–Trinajstić information content (AvgIpc) is 2.94. The van der Waals surface area contributed by atoms with Crippen LogP contribution < -0.4 is 0 Å². The van der Waals surface area contributed by atoms with Gasteiger partial charge < -0.3 is 15.1 Å². The Bertz CT molecular complexity index is 556. The third-order valence-corrected chi connectivity index (χ3v) is 4.15. The van der Waals surface area contributed by atoms with Crippen molar-refractivity contribution in [2.75, 3.05) is 13.1 Å². The standard InChI is InChI=1S/C11H10F3NO4S/c12-11(13,14)10(19)3-4-15(5-10)8(16)6-1-2-7(20-6)9(17)18/h1-2,19H,3-5H2,(H,17,18). The van der Waals surface area contributed by atoms with E-state index in [1.807, 2.05) is 0 Å². The number of hydrogen-bond acceptors (Lipinski definition) is 4. The summed E-state index contributed by atoms with van der Waals surface area (Å²) in [5, 5.41) is 18.2. The zero-order chi connectivity index (χ0) is 15.1. The summed E-state index contributed by atoms with van der Waals surface area (Å²) in [6.07, 6.45) is -5.39. The van der Waals surface area contributed by atoms with E-state index < -0.39 is 36.6 Å². The number of likely N-dealkylation sites (tertiary alicyclic amines) is 1. The van der Waals surface area contributed by atoms with Gasteiger partial charge in [0, 0.05) is 13.0 Å². The lowest BCUT2D eigenvalue weighted by atomic mass is 10.0. The minimum absolute atomic E-state index is 0.0359. The fourth-order valence-corrected chi connectivity index (χ4v) is 2.73. The first-order valence-electron chi connectivity index (χ1n) is 5.55. The number of alkyl halides is 3. The normalized spacial score (nSPS) is 23.1. The van der Waals surface area contributed by atoms with Gasteiger partial charge in [0.25, 0.3) is 5.91 Å². The molecule has 2 N–H and O–H groups in total. The molecule has 2 rings (SSSR count). The first-order chi connectivity index (χ1) is 9.14. The number of thiophene rings is 1. The molecule has 1 aliphatic heterocycles. The molecular formula is C11H10F3NO4S. The molecule has 0 bridgehead atoms. The number of hydrogen-bond donors (Lipinski definition) is 2. The molecule has 0 saturated carbocycles. The van der Waals surface area contributed by atoms with Gasteiger partial charge in [-0.05, 0) is 12.1 Å². The lowest BCUT2D eigenvalue weighted by molar-refractivity contribution is -0.253. The fraction of sp³-hybridized carbons (Fsp3) is 0.455. The van der Waals surface area contributed by atoms with E-state index in [-0.39, 0.29) is 16.3 Å². The number of aromatic carboxylic acids is 1. The first kappa shape index (κ1) is 14.8. The van der Waals surface area contributed by atoms with E-state index in [0.717, 1.165) is 4.90 Å². The molecule has 20 heavy (non-hydrogen) atoms. The number of rotatable bonds is 2. The number of β-amino-alcohol motifs (C(OH)–C–C–N with tert-alkyl or cyclic N) is 1. The highest BCUT2D eigenvalue weighted by molar-refractivity contribution is 7.15. The van der Waals surface area contributed by atoms with Crippen molar-refractivity contribution in [3.63, 3.8) is 0 Å². The lowest BCUT2D eigenvalue weighted by Crippen LogP contribution is -2.47. The molecular weight excluding hydrogens is 299 g/mol. The molecule has 1 aromatic rings. The van der Waals surface area contributed by atoms with Gasteiger partial charge in [0.05, 0.1) is 11.4 Å². The van der Waals surface area contributed by atoms with Crippen LogP contribution in [0.25, 0.3) is 0 Å². The van der Waals surface area contributed by atoms with Crippen LogP contribution in [-0.2, 0) is 0 Å². The third-order valence-electron chi connectivity index (χ3n) is 3.09. The molecule has 9 heteroatoms. The van der Waals surface area contributed by atoms with E-state index in [1.165, 1.54) is 12.1 Å². The maximum absolute atomic E-state index is 12.6. The van der Waals surface area contributed by atoms with Crippen LogP contribution in [0.3, 0.4) is 0 Å². The minimum Gasteiger partial charge on any atom is -0.477 e. The molecule has 1 unspecified atom stereocenters. The second kappa shape index (κ2) is 4.74. The Hall–Kier alpha value is -1.61. The summed E-state index contributed by atoms with van der Waals surface area (Å²) < 4.78 is 37.9. The zero-order valence-corrected chi connectivity index (χ0v) is 10.8. The predicted molar refractivity (Wildman–Crippen MR) is 62.8 cm³/mol. The number of aliphatic hydroxyl groups is 1. The Balaban J connectivity index is 2.13. The number of carbonyl (C=O) groups excluding carboxylic acids is 1. The number of halogens is 3. The molecule has 1 atom stereocenters. The molecule has 0 spiro atoms. The lowest BCUT2D eigenvalue weighted by Gasteiger charge is -2.25. The quantitative estimate of drug-likeness (QED) is 0.869. The van der Waals surface area contributed by atoms with E-state index in [0.29, 0.717) is 11.3 Å². The number of nitrogens with zero attached hydrogens (tertiary/aromatic N) is 1. The van der Waals surface area contributed by atoms with Crippen molar-refractivity contribution < 1.29 is 33.0 Å². The highest BCUT2D eigenvalue weighted by Crippen LogP contribution is 2.38. The van der Waals surface area contributed by atoms with Gasteiger partial charge in [-0.15, -0.1) is 11.3 Å². The number of carboxylic acids is 1. The van der Waals surface area contributed by atoms with E-state index in [9.17, 15) is 27.9 Å². The van der Waals surface area contributed by atoms with Gasteiger partial charge in [0.15, 0.2) is 5.60 Å². The minimum atomic E-state index is -4.80. The molecule has 2 heterocycles. The van der Waals surface area contributed by atoms with Gasteiger partial charge in [-0.25, -0.2) is 4.79 Å². The predicted octanol–water partition coefficient (Wildman–Crippen LogP) is 1.59. The van der Waals surface area contributed by atoms with Crippen LogP contribution in [0.15, 0.2) is 12.1 Å². The van der Waals surface area contributed by atoms with E-state index in [1.54, 1.807) is 0 Å². The highest BCUT2D eigenvalue weighted by Gasteiger charge is 2.57. The highest BCUT2D eigenvalue weighted by atomic mass is 32.1. The maximum atomic E-state index is 12.6. The van der Waals surface area contributed by atoms with Crippen molar-refractivity contribution in [3.05, 3.63) is 21.9 Å². The smallest absolute Gasteiger partial charge is 0.419 e. The van der Waals surface area contributed by atoms with Crippen LogP contribution in [0.2, 0.25) is 0 Å². The molecule has 1 amide bonds. The summed E-state index contributed by atoms with van der Waals surface area (Å²) in [5.74, 6) is -1.91. The van der Waals surface area contributed by atoms with E-state index in [2.05, 4.69) is 0 Å². The van der Waals surface area contributed by atoms with Crippen LogP contribution in [0, 0.1) is 0 Å². The van der Waals surface area contributed by atoms with Crippen molar-refractivity contribution in [2.24, 2.45) is 0 Å². The van der Waals surface area contributed by atoms with Gasteiger partial charge >= 0.3 is 12.1 Å². The van der Waals surface area contributed by atoms with Crippen molar-refractivity contribution in [3.8, 4) is 0 Å². The number of amides is 1. The van der Waals surface area contributed by atoms with Crippen LogP contribution in [0.5, 0.6) is 0 Å². The molecule has 0 aliphatic carbocycles. The molecule has 0 radical (unpaired) electrons. The van der Waals surface area contributed by atoms with Gasteiger partial charge in [0.2, 0.25) is 0 Å². The Morgan fingerprint density at radius 2 is 1.90 bits per heavy atom. The Morgan fingerprint density at radius 3 is 2.35 bits per heavy atom. The van der Waals surface area contributed by atoms with Crippen molar-refractivity contribution in [2.45, 2.75) is 18.2 Å². The molecule has 5 nitrogen and oxygen atoms in total. The topological polar surface area (TPSA) is 77.8 Å². The molecule has 1 aliphatic rings. The summed E-state index contributed by atoms with van der Waals surface area (Å²) >= 11 is 0.690. The summed E-state index contributed by atoms with van der Waals surface area (Å²) in [4.78, 5) is 23.5. The van der Waals surface area contributed by atoms with E-state index in [4.69, 9.17) is 5.11 Å². The molecule has 1 aromatic heterocycles. The monoisotopic (exact) mass is 309 g/mol. The van der Waals surface area contributed by atoms with Gasteiger partial charge in [-0.3, -0.25) is 4.79 Å². The third kappa shape index (κ3) is 2.50. The summed E-state index contributed by atoms with van der Waals surface area (Å²) in [6.45, 7) is -1.06. The summed E-state index contributed by atoms with van der Waals surface area (Å²) in [5.41, 5.74) is -2.89. The van der Waals surface area contributed by atoms with Crippen molar-refractivity contribution in [1.29, 1.82) is 0 Å². The second-order valence-corrected chi connectivity index (χ2v) is 5.56. The second-order valence-electron chi connectivity index (χ2n) is 4.48. The molecule has 1 saturated heterocycles. The Labute approximate surface area is 115 Å². The van der Waals surface area contributed by atoms with Gasteiger partial charge in [-0.1, -0.05) is 0 Å². The molecule has 0 aromatic carbocycles. The fourth-order valence-electron chi connectivity index (χ4n) is 1.92. The van der Waals surface area contributed by atoms with Crippen molar-refractivity contribution in [1.82, 2.24) is 4.90 Å². The van der Waals surface area contributed by atoms with E-state index >= 15 is 0 Å². The largest absolute Gasteiger partial charge is 0.477 e. The van der Waals surface area contributed by atoms with Crippen LogP contribution >= 0.6 is 11.3 Å². The first-order valence-corrected chi connectivity index (χ1v) is 6.37. The van der Waals surface area contributed by atoms with Gasteiger partial charge in [-0.2, -0.15) is 13.2 Å². The Morgan fingerprint density at radius 1 is 1.30 bits per heavy atom. The number of carbonyl (C=O) groups is 2. The Kier molecular flexibility index (Phi) is 3.51. The summed E-state index contributed by atoms with van der Waals surface area (Å²) in [7, 11) is 0. The molecule has 1 fully saturated rings. The van der Waals surface area contributed by atoms with Crippen LogP contribution in [0.1, 0.15) is 25.8 Å². The van der Waals surface area contributed by atoms with Crippen molar-refractivity contribution >= 4 is 23.2 Å². The van der Waals surface area contributed by atoms with Crippen LogP contribution in [0.4, 0.5) is 13.2 Å². The maximum Gasteiger partial charge on any atom is 0.419 e. The van der Waals surface area contributed by atoms with Gasteiger partial charge in [0.1, 0.15) is 4.88 Å². The van der Waals surface area contributed by atoms with Crippen LogP contribution in [-0.4, -0.2) is 51.9 Å². The number of carboxylic acid groups (broad SMARTS) is 1. The summed E-state index contributed by atoms with van der Waals surface area (Å²) in [6, 6.07) is 2.47. The SMILES string of the molecule is O=C(O)c1ccc(C(=O)N2CCC(O)(C(F)(F)F)C2)s1. The zero-order valence-electron chi connectivity index (χ0n) is 9.98.